The van der Waals surface area contributed by atoms with Crippen molar-refractivity contribution in [1.29, 1.82) is 0 Å². The third-order valence-electron chi connectivity index (χ3n) is 3.05. The molecule has 0 spiro atoms. The summed E-state index contributed by atoms with van der Waals surface area (Å²) >= 11 is 11.9. The Morgan fingerprint density at radius 2 is 1.93 bits per heavy atom. The molecule has 2 unspecified atom stereocenters. The minimum absolute atomic E-state index is 0.177. The molecule has 0 saturated heterocycles. The Balaban J connectivity index is 2.34. The van der Waals surface area contributed by atoms with Crippen molar-refractivity contribution in [2.75, 3.05) is 0 Å². The molecule has 1 aliphatic carbocycles. The van der Waals surface area contributed by atoms with Crippen LogP contribution in [0.15, 0.2) is 18.2 Å². The van der Waals surface area contributed by atoms with Gasteiger partial charge in [0.05, 0.1) is 0 Å². The van der Waals surface area contributed by atoms with Gasteiger partial charge in [-0.05, 0) is 36.1 Å². The first-order valence-corrected chi connectivity index (χ1v) is 5.57. The molecule has 76 valence electrons. The monoisotopic (exact) mass is 229 g/mol. The number of hydrogen-bond acceptors (Lipinski definition) is 1. The van der Waals surface area contributed by atoms with E-state index in [1.54, 1.807) is 6.07 Å². The van der Waals surface area contributed by atoms with Crippen molar-refractivity contribution < 1.29 is 0 Å². The Kier molecular flexibility index (Phi) is 2.50. The fraction of sp³-hybridized carbons (Fsp3) is 0.455. The van der Waals surface area contributed by atoms with Crippen molar-refractivity contribution >= 4 is 23.2 Å². The lowest BCUT2D eigenvalue weighted by atomic mass is 10.0. The highest BCUT2D eigenvalue weighted by Gasteiger charge is 2.50. The van der Waals surface area contributed by atoms with Crippen molar-refractivity contribution in [1.82, 2.24) is 0 Å². The molecule has 2 atom stereocenters. The summed E-state index contributed by atoms with van der Waals surface area (Å²) in [5, 5.41) is 1.33. The van der Waals surface area contributed by atoms with Crippen molar-refractivity contribution in [3.8, 4) is 0 Å². The summed E-state index contributed by atoms with van der Waals surface area (Å²) in [4.78, 5) is 0. The van der Waals surface area contributed by atoms with Crippen LogP contribution in [0.25, 0.3) is 0 Å². The van der Waals surface area contributed by atoms with Gasteiger partial charge in [0.15, 0.2) is 0 Å². The van der Waals surface area contributed by atoms with Gasteiger partial charge in [0.2, 0.25) is 0 Å². The maximum atomic E-state index is 6.24. The second-order valence-electron chi connectivity index (χ2n) is 4.01. The summed E-state index contributed by atoms with van der Waals surface area (Å²) in [5.41, 5.74) is 7.14. The van der Waals surface area contributed by atoms with E-state index in [0.29, 0.717) is 16.0 Å². The highest BCUT2D eigenvalue weighted by molar-refractivity contribution is 6.34. The van der Waals surface area contributed by atoms with Crippen LogP contribution in [0.2, 0.25) is 10.0 Å². The van der Waals surface area contributed by atoms with Gasteiger partial charge in [-0.1, -0.05) is 36.5 Å². The van der Waals surface area contributed by atoms with Crippen LogP contribution in [0.3, 0.4) is 0 Å². The molecule has 0 radical (unpaired) electrons. The Morgan fingerprint density at radius 1 is 1.36 bits per heavy atom. The molecule has 0 bridgehead atoms. The number of rotatable bonds is 2. The molecular formula is C11H13Cl2N. The molecule has 14 heavy (non-hydrogen) atoms. The molecule has 1 aromatic carbocycles. The molecule has 1 aliphatic rings. The zero-order valence-corrected chi connectivity index (χ0v) is 9.57. The summed E-state index contributed by atoms with van der Waals surface area (Å²) in [5.74, 6) is 0.581. The number of hydrogen-bond donors (Lipinski definition) is 1. The molecule has 2 rings (SSSR count). The summed E-state index contributed by atoms with van der Waals surface area (Å²) in [6, 6.07) is 5.57. The van der Waals surface area contributed by atoms with E-state index in [1.807, 2.05) is 12.1 Å². The molecule has 1 saturated carbocycles. The lowest BCUT2D eigenvalue weighted by Crippen LogP contribution is -2.21. The van der Waals surface area contributed by atoms with Crippen molar-refractivity contribution in [2.24, 2.45) is 11.7 Å². The second kappa shape index (κ2) is 3.41. The standard InChI is InChI=1S/C11H13Cl2N/c1-2-7-6-11(7,14)8-3-9(12)5-10(13)4-8/h3-5,7H,2,6,14H2,1H3. The van der Waals surface area contributed by atoms with Crippen LogP contribution in [0.1, 0.15) is 25.3 Å². The van der Waals surface area contributed by atoms with Crippen LogP contribution in [0, 0.1) is 5.92 Å². The number of nitrogens with two attached hydrogens (primary N) is 1. The third-order valence-corrected chi connectivity index (χ3v) is 3.48. The number of benzene rings is 1. The second-order valence-corrected chi connectivity index (χ2v) is 4.88. The zero-order chi connectivity index (χ0) is 10.3. The SMILES string of the molecule is CCC1CC1(N)c1cc(Cl)cc(Cl)c1. The van der Waals surface area contributed by atoms with E-state index < -0.39 is 0 Å². The zero-order valence-electron chi connectivity index (χ0n) is 8.06. The van der Waals surface area contributed by atoms with E-state index in [9.17, 15) is 0 Å². The third kappa shape index (κ3) is 1.65. The van der Waals surface area contributed by atoms with Crippen LogP contribution >= 0.6 is 23.2 Å². The summed E-state index contributed by atoms with van der Waals surface area (Å²) in [7, 11) is 0. The van der Waals surface area contributed by atoms with Crippen LogP contribution < -0.4 is 5.73 Å². The largest absolute Gasteiger partial charge is 0.321 e. The molecule has 1 aromatic rings. The van der Waals surface area contributed by atoms with Crippen molar-refractivity contribution in [3.05, 3.63) is 33.8 Å². The lowest BCUT2D eigenvalue weighted by Gasteiger charge is -2.12. The van der Waals surface area contributed by atoms with Gasteiger partial charge in [0, 0.05) is 15.6 Å². The van der Waals surface area contributed by atoms with Crippen molar-refractivity contribution in [3.63, 3.8) is 0 Å². The minimum Gasteiger partial charge on any atom is -0.321 e. The summed E-state index contributed by atoms with van der Waals surface area (Å²) < 4.78 is 0. The van der Waals surface area contributed by atoms with Gasteiger partial charge in [-0.15, -0.1) is 0 Å². The van der Waals surface area contributed by atoms with Gasteiger partial charge in [-0.2, -0.15) is 0 Å². The van der Waals surface area contributed by atoms with E-state index in [1.165, 1.54) is 0 Å². The lowest BCUT2D eigenvalue weighted by molar-refractivity contribution is 0.615. The predicted molar refractivity (Wildman–Crippen MR) is 60.7 cm³/mol. The van der Waals surface area contributed by atoms with Gasteiger partial charge in [0.1, 0.15) is 0 Å². The van der Waals surface area contributed by atoms with E-state index >= 15 is 0 Å². The first kappa shape index (κ1) is 10.3. The van der Waals surface area contributed by atoms with Crippen LogP contribution in [0.5, 0.6) is 0 Å². The van der Waals surface area contributed by atoms with E-state index in [-0.39, 0.29) is 5.54 Å². The minimum atomic E-state index is -0.177. The van der Waals surface area contributed by atoms with Gasteiger partial charge in [-0.3, -0.25) is 0 Å². The molecule has 1 nitrogen and oxygen atoms in total. The van der Waals surface area contributed by atoms with Crippen molar-refractivity contribution in [2.45, 2.75) is 25.3 Å². The van der Waals surface area contributed by atoms with Gasteiger partial charge >= 0.3 is 0 Å². The average Bonchev–Trinajstić information content (AvgIpc) is 2.77. The molecule has 0 amide bonds. The molecule has 0 aliphatic heterocycles. The first-order valence-electron chi connectivity index (χ1n) is 4.81. The Morgan fingerprint density at radius 3 is 2.36 bits per heavy atom. The Hall–Kier alpha value is -0.240. The highest BCUT2D eigenvalue weighted by Crippen LogP contribution is 2.52. The smallest absolute Gasteiger partial charge is 0.0443 e. The molecule has 0 heterocycles. The normalized spacial score (nSPS) is 30.4. The molecular weight excluding hydrogens is 217 g/mol. The molecule has 1 fully saturated rings. The topological polar surface area (TPSA) is 26.0 Å². The summed E-state index contributed by atoms with van der Waals surface area (Å²) in [6.07, 6.45) is 2.15. The molecule has 3 heteroatoms. The number of halogens is 2. The maximum Gasteiger partial charge on any atom is 0.0443 e. The van der Waals surface area contributed by atoms with Gasteiger partial charge in [-0.25, -0.2) is 0 Å². The van der Waals surface area contributed by atoms with Crippen LogP contribution in [-0.2, 0) is 5.54 Å². The quantitative estimate of drug-likeness (QED) is 0.825. The molecule has 0 aromatic heterocycles. The van der Waals surface area contributed by atoms with Crippen LogP contribution in [-0.4, -0.2) is 0 Å². The Bertz CT molecular complexity index is 344. The predicted octanol–water partition coefficient (Wildman–Crippen LogP) is 3.58. The fourth-order valence-electron chi connectivity index (χ4n) is 2.03. The van der Waals surface area contributed by atoms with E-state index in [0.717, 1.165) is 18.4 Å². The van der Waals surface area contributed by atoms with Gasteiger partial charge in [0.25, 0.3) is 0 Å². The molecule has 2 N–H and O–H groups in total. The van der Waals surface area contributed by atoms with E-state index in [4.69, 9.17) is 28.9 Å². The average molecular weight is 230 g/mol. The maximum absolute atomic E-state index is 6.24. The highest BCUT2D eigenvalue weighted by atomic mass is 35.5. The van der Waals surface area contributed by atoms with Gasteiger partial charge < -0.3 is 5.73 Å². The Labute approximate surface area is 94.2 Å². The fourth-order valence-corrected chi connectivity index (χ4v) is 2.56. The van der Waals surface area contributed by atoms with E-state index in [2.05, 4.69) is 6.92 Å². The van der Waals surface area contributed by atoms with Crippen LogP contribution in [0.4, 0.5) is 0 Å². The summed E-state index contributed by atoms with van der Waals surface area (Å²) in [6.45, 7) is 2.16. The first-order chi connectivity index (χ1) is 6.56.